The number of pyridine rings is 1. The van der Waals surface area contributed by atoms with Crippen LogP contribution in [0.3, 0.4) is 0 Å². The van der Waals surface area contributed by atoms with Crippen LogP contribution in [-0.4, -0.2) is 27.7 Å². The number of esters is 1. The van der Waals surface area contributed by atoms with Gasteiger partial charge in [0.15, 0.2) is 11.5 Å². The number of nitrogens with zero attached hydrogens (tertiary/aromatic N) is 3. The van der Waals surface area contributed by atoms with E-state index in [-0.39, 0.29) is 0 Å². The fourth-order valence-corrected chi connectivity index (χ4v) is 1.97. The van der Waals surface area contributed by atoms with E-state index >= 15 is 0 Å². The second-order valence-corrected chi connectivity index (χ2v) is 4.59. The molecule has 0 amide bonds. The van der Waals surface area contributed by atoms with Gasteiger partial charge in [0.1, 0.15) is 0 Å². The van der Waals surface area contributed by atoms with Crippen molar-refractivity contribution in [3.05, 3.63) is 53.2 Å². The quantitative estimate of drug-likeness (QED) is 0.680. The first-order valence-electron chi connectivity index (χ1n) is 5.88. The molecular formula is C14H10ClN3O2. The Morgan fingerprint density at radius 1 is 1.20 bits per heavy atom. The van der Waals surface area contributed by atoms with Crippen LogP contribution in [0.4, 0.5) is 0 Å². The molecule has 3 rings (SSSR count). The summed E-state index contributed by atoms with van der Waals surface area (Å²) in [5.74, 6) is 0.166. The molecule has 0 radical (unpaired) electrons. The first kappa shape index (κ1) is 12.6. The summed E-state index contributed by atoms with van der Waals surface area (Å²) in [6.45, 7) is 0. The minimum absolute atomic E-state index is 0.407. The van der Waals surface area contributed by atoms with Gasteiger partial charge in [0.2, 0.25) is 0 Å². The zero-order valence-electron chi connectivity index (χ0n) is 10.6. The molecule has 0 atom stereocenters. The van der Waals surface area contributed by atoms with Gasteiger partial charge in [-0.1, -0.05) is 11.6 Å². The summed E-state index contributed by atoms with van der Waals surface area (Å²) < 4.78 is 6.23. The number of halogens is 1. The maximum absolute atomic E-state index is 11.5. The molecule has 100 valence electrons. The number of ether oxygens (including phenoxy) is 1. The summed E-state index contributed by atoms with van der Waals surface area (Å²) >= 11 is 5.85. The zero-order valence-corrected chi connectivity index (χ0v) is 11.3. The normalized spacial score (nSPS) is 10.7. The van der Waals surface area contributed by atoms with Crippen LogP contribution in [0.1, 0.15) is 10.4 Å². The van der Waals surface area contributed by atoms with Crippen LogP contribution in [0.25, 0.3) is 17.0 Å². The fourth-order valence-electron chi connectivity index (χ4n) is 1.84. The number of fused-ring (bicyclic) bond motifs is 1. The Hall–Kier alpha value is -2.40. The lowest BCUT2D eigenvalue weighted by atomic mass is 10.2. The van der Waals surface area contributed by atoms with E-state index < -0.39 is 5.97 Å². The molecule has 0 unspecified atom stereocenters. The minimum Gasteiger partial charge on any atom is -0.465 e. The van der Waals surface area contributed by atoms with Crippen molar-refractivity contribution >= 4 is 23.2 Å². The average Bonchev–Trinajstić information content (AvgIpc) is 2.90. The third-order valence-electron chi connectivity index (χ3n) is 2.85. The number of rotatable bonds is 2. The molecule has 0 aliphatic carbocycles. The molecule has 0 spiro atoms. The Labute approximate surface area is 119 Å². The second kappa shape index (κ2) is 4.94. The predicted molar refractivity (Wildman–Crippen MR) is 74.8 cm³/mol. The van der Waals surface area contributed by atoms with Crippen molar-refractivity contribution < 1.29 is 9.53 Å². The lowest BCUT2D eigenvalue weighted by molar-refractivity contribution is 0.0600. The molecule has 2 aromatic heterocycles. The first-order valence-corrected chi connectivity index (χ1v) is 6.26. The van der Waals surface area contributed by atoms with Gasteiger partial charge < -0.3 is 4.74 Å². The van der Waals surface area contributed by atoms with Gasteiger partial charge in [-0.05, 0) is 36.4 Å². The number of hydrogen-bond donors (Lipinski definition) is 0. The van der Waals surface area contributed by atoms with E-state index in [4.69, 9.17) is 11.6 Å². The highest BCUT2D eigenvalue weighted by Gasteiger charge is 2.10. The van der Waals surface area contributed by atoms with Crippen molar-refractivity contribution in [2.24, 2.45) is 0 Å². The molecule has 1 aromatic carbocycles. The molecule has 0 saturated heterocycles. The molecule has 6 heteroatoms. The first-order chi connectivity index (χ1) is 9.67. The van der Waals surface area contributed by atoms with Gasteiger partial charge in [0.25, 0.3) is 0 Å². The van der Waals surface area contributed by atoms with Gasteiger partial charge in [-0.3, -0.25) is 0 Å². The van der Waals surface area contributed by atoms with Crippen molar-refractivity contribution in [3.63, 3.8) is 0 Å². The maximum atomic E-state index is 11.5. The van der Waals surface area contributed by atoms with Gasteiger partial charge >= 0.3 is 5.97 Å². The molecule has 0 fully saturated rings. The lowest BCUT2D eigenvalue weighted by Gasteiger charge is -1.98. The second-order valence-electron chi connectivity index (χ2n) is 4.15. The third kappa shape index (κ3) is 2.23. The van der Waals surface area contributed by atoms with Crippen molar-refractivity contribution in [1.29, 1.82) is 0 Å². The summed E-state index contributed by atoms with van der Waals surface area (Å²) in [7, 11) is 1.34. The number of methoxy groups -OCH3 is 1. The summed E-state index contributed by atoms with van der Waals surface area (Å²) in [4.78, 5) is 15.9. The summed E-state index contributed by atoms with van der Waals surface area (Å²) in [6.07, 6.45) is 1.59. The van der Waals surface area contributed by atoms with E-state index in [0.717, 1.165) is 5.56 Å². The number of carbonyl (C=O) groups excluding carboxylic acids is 1. The highest BCUT2D eigenvalue weighted by Crippen LogP contribution is 2.19. The van der Waals surface area contributed by atoms with Crippen LogP contribution < -0.4 is 0 Å². The van der Waals surface area contributed by atoms with Gasteiger partial charge in [-0.25, -0.2) is 14.3 Å². The zero-order chi connectivity index (χ0) is 14.1. The van der Waals surface area contributed by atoms with Crippen LogP contribution in [0.5, 0.6) is 0 Å². The Bertz CT molecular complexity index is 781. The highest BCUT2D eigenvalue weighted by atomic mass is 35.5. The van der Waals surface area contributed by atoms with Crippen molar-refractivity contribution in [2.75, 3.05) is 7.11 Å². The van der Waals surface area contributed by atoms with Crippen LogP contribution in [-0.2, 0) is 4.74 Å². The molecule has 0 aliphatic heterocycles. The van der Waals surface area contributed by atoms with Gasteiger partial charge in [-0.15, -0.1) is 5.10 Å². The average molecular weight is 288 g/mol. The summed E-state index contributed by atoms with van der Waals surface area (Å²) in [6, 6.07) is 10.6. The lowest BCUT2D eigenvalue weighted by Crippen LogP contribution is -2.03. The highest BCUT2D eigenvalue weighted by molar-refractivity contribution is 6.30. The Balaban J connectivity index is 2.06. The van der Waals surface area contributed by atoms with Gasteiger partial charge in [0.05, 0.1) is 12.7 Å². The monoisotopic (exact) mass is 287 g/mol. The molecular weight excluding hydrogens is 278 g/mol. The molecule has 20 heavy (non-hydrogen) atoms. The third-order valence-corrected chi connectivity index (χ3v) is 3.11. The number of benzene rings is 1. The largest absolute Gasteiger partial charge is 0.465 e. The van der Waals surface area contributed by atoms with Crippen LogP contribution in [0.15, 0.2) is 42.6 Å². The van der Waals surface area contributed by atoms with Crippen molar-refractivity contribution in [2.45, 2.75) is 0 Å². The molecule has 0 saturated carbocycles. The molecule has 2 heterocycles. The van der Waals surface area contributed by atoms with E-state index in [1.165, 1.54) is 7.11 Å². The SMILES string of the molecule is COC(=O)c1ccc2nc(-c3ccc(Cl)cc3)nn2c1. The maximum Gasteiger partial charge on any atom is 0.339 e. The minimum atomic E-state index is -0.407. The Morgan fingerprint density at radius 2 is 1.95 bits per heavy atom. The molecule has 3 aromatic rings. The van der Waals surface area contributed by atoms with E-state index in [1.807, 2.05) is 12.1 Å². The Kier molecular flexibility index (Phi) is 3.12. The smallest absolute Gasteiger partial charge is 0.339 e. The standard InChI is InChI=1S/C14H10ClN3O2/c1-20-14(19)10-4-7-12-16-13(17-18(12)8-10)9-2-5-11(15)6-3-9/h2-8H,1H3. The van der Waals surface area contributed by atoms with Crippen molar-refractivity contribution in [1.82, 2.24) is 14.6 Å². The molecule has 0 bridgehead atoms. The van der Waals surface area contributed by atoms with Crippen LogP contribution in [0.2, 0.25) is 5.02 Å². The van der Waals surface area contributed by atoms with Gasteiger partial charge in [0, 0.05) is 16.8 Å². The summed E-state index contributed by atoms with van der Waals surface area (Å²) in [5.41, 5.74) is 1.94. The van der Waals surface area contributed by atoms with E-state index in [0.29, 0.717) is 22.1 Å². The van der Waals surface area contributed by atoms with E-state index in [2.05, 4.69) is 14.8 Å². The van der Waals surface area contributed by atoms with Crippen LogP contribution in [0, 0.1) is 0 Å². The number of hydrogen-bond acceptors (Lipinski definition) is 4. The summed E-state index contributed by atoms with van der Waals surface area (Å²) in [5, 5.41) is 5.00. The van der Waals surface area contributed by atoms with E-state index in [9.17, 15) is 4.79 Å². The van der Waals surface area contributed by atoms with Gasteiger partial charge in [-0.2, -0.15) is 0 Å². The van der Waals surface area contributed by atoms with Crippen molar-refractivity contribution in [3.8, 4) is 11.4 Å². The topological polar surface area (TPSA) is 56.5 Å². The molecule has 5 nitrogen and oxygen atoms in total. The molecule has 0 N–H and O–H groups in total. The Morgan fingerprint density at radius 3 is 2.65 bits per heavy atom. The van der Waals surface area contributed by atoms with Crippen LogP contribution >= 0.6 is 11.6 Å². The fraction of sp³-hybridized carbons (Fsp3) is 0.0714. The van der Waals surface area contributed by atoms with E-state index in [1.54, 1.807) is 35.0 Å². The predicted octanol–water partition coefficient (Wildman–Crippen LogP) is 2.84. The number of aromatic nitrogens is 3. The molecule has 0 aliphatic rings. The number of carbonyl (C=O) groups is 1.